The molecule has 0 amide bonds. The molecule has 62 valence electrons. The van der Waals surface area contributed by atoms with Gasteiger partial charge in [0.1, 0.15) is 11.6 Å². The van der Waals surface area contributed by atoms with E-state index in [1.165, 1.54) is 0 Å². The normalized spacial score (nSPS) is 30.6. The molecule has 1 aliphatic carbocycles. The molecule has 0 aliphatic heterocycles. The van der Waals surface area contributed by atoms with Gasteiger partial charge < -0.3 is 0 Å². The standard InChI is InChI=1S/C9H14O2/c1-6-8(11)4-7(10)5-9(6,2)3/h6H,4-5H2,1-3H3. The van der Waals surface area contributed by atoms with E-state index in [2.05, 4.69) is 0 Å². The van der Waals surface area contributed by atoms with E-state index in [1.54, 1.807) is 0 Å². The molecule has 1 unspecified atom stereocenters. The van der Waals surface area contributed by atoms with E-state index < -0.39 is 0 Å². The quantitative estimate of drug-likeness (QED) is 0.496. The minimum Gasteiger partial charge on any atom is -0.299 e. The van der Waals surface area contributed by atoms with Crippen LogP contribution < -0.4 is 0 Å². The van der Waals surface area contributed by atoms with Gasteiger partial charge in [0.25, 0.3) is 0 Å². The van der Waals surface area contributed by atoms with Gasteiger partial charge in [-0.1, -0.05) is 20.8 Å². The maximum absolute atomic E-state index is 11.2. The van der Waals surface area contributed by atoms with Crippen LogP contribution in [0.1, 0.15) is 33.6 Å². The molecule has 0 radical (unpaired) electrons. The first-order valence-electron chi connectivity index (χ1n) is 3.98. The van der Waals surface area contributed by atoms with Crippen LogP contribution in [0.5, 0.6) is 0 Å². The molecule has 11 heavy (non-hydrogen) atoms. The molecule has 1 rings (SSSR count). The highest BCUT2D eigenvalue weighted by molar-refractivity contribution is 6.03. The fourth-order valence-corrected chi connectivity index (χ4v) is 1.51. The van der Waals surface area contributed by atoms with Crippen molar-refractivity contribution >= 4 is 11.6 Å². The van der Waals surface area contributed by atoms with Crippen LogP contribution in [-0.2, 0) is 9.59 Å². The number of rotatable bonds is 0. The average Bonchev–Trinajstić information content (AvgIpc) is 1.81. The lowest BCUT2D eigenvalue weighted by atomic mass is 9.69. The lowest BCUT2D eigenvalue weighted by molar-refractivity contribution is -0.137. The zero-order valence-electron chi connectivity index (χ0n) is 7.31. The lowest BCUT2D eigenvalue weighted by Crippen LogP contribution is -2.37. The van der Waals surface area contributed by atoms with Crippen LogP contribution in [0.25, 0.3) is 0 Å². The first-order chi connectivity index (χ1) is 4.93. The predicted molar refractivity (Wildman–Crippen MR) is 42.2 cm³/mol. The van der Waals surface area contributed by atoms with Crippen molar-refractivity contribution in [1.82, 2.24) is 0 Å². The molecular weight excluding hydrogens is 140 g/mol. The molecule has 1 saturated carbocycles. The Morgan fingerprint density at radius 1 is 1.36 bits per heavy atom. The summed E-state index contributed by atoms with van der Waals surface area (Å²) in [6.45, 7) is 5.87. The van der Waals surface area contributed by atoms with Crippen LogP contribution in [-0.4, -0.2) is 11.6 Å². The number of Topliss-reactive ketones (excluding diaryl/α,β-unsaturated/α-hetero) is 2. The monoisotopic (exact) mass is 154 g/mol. The van der Waals surface area contributed by atoms with Crippen molar-refractivity contribution < 1.29 is 9.59 Å². The van der Waals surface area contributed by atoms with Crippen molar-refractivity contribution in [3.05, 3.63) is 0 Å². The van der Waals surface area contributed by atoms with Crippen LogP contribution in [0.3, 0.4) is 0 Å². The van der Waals surface area contributed by atoms with E-state index >= 15 is 0 Å². The Labute approximate surface area is 67.0 Å². The summed E-state index contributed by atoms with van der Waals surface area (Å²) in [5, 5.41) is 0. The van der Waals surface area contributed by atoms with Crippen molar-refractivity contribution in [2.75, 3.05) is 0 Å². The molecule has 0 bridgehead atoms. The number of ketones is 2. The van der Waals surface area contributed by atoms with Gasteiger partial charge >= 0.3 is 0 Å². The van der Waals surface area contributed by atoms with E-state index in [0.717, 1.165) is 0 Å². The van der Waals surface area contributed by atoms with Crippen LogP contribution in [0.15, 0.2) is 0 Å². The minimum atomic E-state index is -0.119. The van der Waals surface area contributed by atoms with Crippen LogP contribution in [0.2, 0.25) is 0 Å². The van der Waals surface area contributed by atoms with Gasteiger partial charge in [-0.05, 0) is 5.41 Å². The Balaban J connectivity index is 2.83. The third kappa shape index (κ3) is 1.50. The summed E-state index contributed by atoms with van der Waals surface area (Å²) in [6.07, 6.45) is 0.713. The van der Waals surface area contributed by atoms with Gasteiger partial charge in [-0.2, -0.15) is 0 Å². The molecule has 2 heteroatoms. The van der Waals surface area contributed by atoms with E-state index in [0.29, 0.717) is 6.42 Å². The first-order valence-corrected chi connectivity index (χ1v) is 3.98. The van der Waals surface area contributed by atoms with Crippen molar-refractivity contribution in [2.45, 2.75) is 33.6 Å². The molecule has 0 aromatic carbocycles. The van der Waals surface area contributed by atoms with Crippen molar-refractivity contribution in [1.29, 1.82) is 0 Å². The Morgan fingerprint density at radius 3 is 2.36 bits per heavy atom. The molecule has 0 saturated heterocycles. The minimum absolute atomic E-state index is 0.0419. The molecule has 2 nitrogen and oxygen atoms in total. The average molecular weight is 154 g/mol. The van der Waals surface area contributed by atoms with Crippen molar-refractivity contribution in [3.63, 3.8) is 0 Å². The summed E-state index contributed by atoms with van der Waals surface area (Å²) >= 11 is 0. The zero-order chi connectivity index (χ0) is 8.65. The zero-order valence-corrected chi connectivity index (χ0v) is 7.31. The Kier molecular flexibility index (Phi) is 1.87. The van der Waals surface area contributed by atoms with Crippen molar-refractivity contribution in [3.8, 4) is 0 Å². The molecule has 0 N–H and O–H groups in total. The van der Waals surface area contributed by atoms with Gasteiger partial charge in [-0.15, -0.1) is 0 Å². The number of hydrogen-bond acceptors (Lipinski definition) is 2. The Hall–Kier alpha value is -0.660. The SMILES string of the molecule is CC1C(=O)CC(=O)CC1(C)C. The number of carbonyl (C=O) groups is 2. The molecular formula is C9H14O2. The summed E-state index contributed by atoms with van der Waals surface area (Å²) < 4.78 is 0. The maximum atomic E-state index is 11.2. The van der Waals surface area contributed by atoms with Gasteiger partial charge in [0.05, 0.1) is 6.42 Å². The maximum Gasteiger partial charge on any atom is 0.143 e. The summed E-state index contributed by atoms with van der Waals surface area (Å²) in [4.78, 5) is 22.2. The Morgan fingerprint density at radius 2 is 1.91 bits per heavy atom. The third-order valence-electron chi connectivity index (χ3n) is 2.68. The second-order valence-electron chi connectivity index (χ2n) is 4.07. The molecule has 1 aliphatic rings. The first kappa shape index (κ1) is 8.44. The van der Waals surface area contributed by atoms with Crippen molar-refractivity contribution in [2.24, 2.45) is 11.3 Å². The fourth-order valence-electron chi connectivity index (χ4n) is 1.51. The molecule has 1 fully saturated rings. The van der Waals surface area contributed by atoms with E-state index in [9.17, 15) is 9.59 Å². The highest BCUT2D eigenvalue weighted by Gasteiger charge is 2.38. The van der Waals surface area contributed by atoms with Crippen LogP contribution in [0.4, 0.5) is 0 Å². The van der Waals surface area contributed by atoms with Gasteiger partial charge in [-0.25, -0.2) is 0 Å². The highest BCUT2D eigenvalue weighted by atomic mass is 16.1. The topological polar surface area (TPSA) is 34.1 Å². The second-order valence-corrected chi connectivity index (χ2v) is 4.07. The highest BCUT2D eigenvalue weighted by Crippen LogP contribution is 2.36. The smallest absolute Gasteiger partial charge is 0.143 e. The molecule has 0 aromatic rings. The van der Waals surface area contributed by atoms with Crippen LogP contribution in [0, 0.1) is 11.3 Å². The van der Waals surface area contributed by atoms with Gasteiger partial charge in [0.2, 0.25) is 0 Å². The summed E-state index contributed by atoms with van der Waals surface area (Å²) in [6, 6.07) is 0. The van der Waals surface area contributed by atoms with E-state index in [-0.39, 0.29) is 29.3 Å². The second kappa shape index (κ2) is 2.43. The van der Waals surface area contributed by atoms with Gasteiger partial charge in [-0.3, -0.25) is 9.59 Å². The lowest BCUT2D eigenvalue weighted by Gasteiger charge is -2.33. The summed E-state index contributed by atoms with van der Waals surface area (Å²) in [5.74, 6) is 0.240. The van der Waals surface area contributed by atoms with Crippen LogP contribution >= 0.6 is 0 Å². The molecule has 0 spiro atoms. The van der Waals surface area contributed by atoms with E-state index in [4.69, 9.17) is 0 Å². The van der Waals surface area contributed by atoms with E-state index in [1.807, 2.05) is 20.8 Å². The van der Waals surface area contributed by atoms with Gasteiger partial charge in [0, 0.05) is 12.3 Å². The molecule has 1 atom stereocenters. The Bertz CT molecular complexity index is 204. The van der Waals surface area contributed by atoms with Gasteiger partial charge in [0.15, 0.2) is 0 Å². The number of hydrogen-bond donors (Lipinski definition) is 0. The number of carbonyl (C=O) groups excluding carboxylic acids is 2. The molecule has 0 aromatic heterocycles. The molecule has 0 heterocycles. The third-order valence-corrected chi connectivity index (χ3v) is 2.68. The predicted octanol–water partition coefficient (Wildman–Crippen LogP) is 1.58. The summed E-state index contributed by atoms with van der Waals surface area (Å²) in [7, 11) is 0. The summed E-state index contributed by atoms with van der Waals surface area (Å²) in [5.41, 5.74) is -0.119. The fraction of sp³-hybridized carbons (Fsp3) is 0.778. The largest absolute Gasteiger partial charge is 0.299 e.